The Bertz CT molecular complexity index is 665. The molecule has 0 fully saturated rings. The van der Waals surface area contributed by atoms with Crippen LogP contribution in [0.25, 0.3) is 10.9 Å². The molecule has 1 aromatic carbocycles. The predicted molar refractivity (Wildman–Crippen MR) is 74.0 cm³/mol. The Labute approximate surface area is 106 Å². The van der Waals surface area contributed by atoms with Gasteiger partial charge in [-0.15, -0.1) is 0 Å². The van der Waals surface area contributed by atoms with Crippen molar-refractivity contribution in [3.63, 3.8) is 0 Å². The summed E-state index contributed by atoms with van der Waals surface area (Å²) in [5.41, 5.74) is 3.12. The van der Waals surface area contributed by atoms with Crippen LogP contribution in [0.1, 0.15) is 0 Å². The first-order valence-corrected chi connectivity index (χ1v) is 5.83. The van der Waals surface area contributed by atoms with Gasteiger partial charge in [-0.05, 0) is 24.3 Å². The summed E-state index contributed by atoms with van der Waals surface area (Å²) >= 11 is 0. The molecule has 88 valence electrons. The number of aromatic nitrogens is 2. The van der Waals surface area contributed by atoms with Gasteiger partial charge in [-0.3, -0.25) is 9.97 Å². The second kappa shape index (κ2) is 4.45. The number of hydrogen-bond donors (Lipinski definition) is 0. The molecule has 0 aliphatic heterocycles. The number of pyridine rings is 2. The van der Waals surface area contributed by atoms with Gasteiger partial charge in [-0.2, -0.15) is 0 Å². The van der Waals surface area contributed by atoms with Gasteiger partial charge < -0.3 is 4.90 Å². The number of hydrogen-bond acceptors (Lipinski definition) is 3. The summed E-state index contributed by atoms with van der Waals surface area (Å²) in [5.74, 6) is 0. The summed E-state index contributed by atoms with van der Waals surface area (Å²) < 4.78 is 0. The Balaban J connectivity index is 2.04. The second-order valence-corrected chi connectivity index (χ2v) is 4.16. The molecular formula is C15H13N3. The maximum absolute atomic E-state index is 4.47. The van der Waals surface area contributed by atoms with Gasteiger partial charge in [0.15, 0.2) is 0 Å². The summed E-state index contributed by atoms with van der Waals surface area (Å²) in [7, 11) is 2.02. The van der Waals surface area contributed by atoms with E-state index >= 15 is 0 Å². The van der Waals surface area contributed by atoms with E-state index < -0.39 is 0 Å². The fourth-order valence-corrected chi connectivity index (χ4v) is 1.94. The van der Waals surface area contributed by atoms with E-state index in [1.54, 1.807) is 6.20 Å². The van der Waals surface area contributed by atoms with Crippen LogP contribution < -0.4 is 4.90 Å². The van der Waals surface area contributed by atoms with Crippen LogP contribution in [0.3, 0.4) is 0 Å². The molecule has 0 aliphatic rings. The molecule has 3 rings (SSSR count). The lowest BCUT2D eigenvalue weighted by atomic mass is 10.2. The highest BCUT2D eigenvalue weighted by atomic mass is 15.1. The fourth-order valence-electron chi connectivity index (χ4n) is 1.94. The molecule has 0 unspecified atom stereocenters. The molecule has 3 aromatic rings. The Kier molecular flexibility index (Phi) is 2.65. The highest BCUT2D eigenvalue weighted by Gasteiger charge is 2.05. The first-order valence-electron chi connectivity index (χ1n) is 5.83. The monoisotopic (exact) mass is 235 g/mol. The zero-order valence-corrected chi connectivity index (χ0v) is 10.1. The molecule has 0 bridgehead atoms. The summed E-state index contributed by atoms with van der Waals surface area (Å²) in [5, 5.41) is 1.14. The smallest absolute Gasteiger partial charge is 0.0703 e. The number of rotatable bonds is 2. The molecule has 18 heavy (non-hydrogen) atoms. The average molecular weight is 235 g/mol. The van der Waals surface area contributed by atoms with Gasteiger partial charge >= 0.3 is 0 Å². The van der Waals surface area contributed by atoms with Crippen LogP contribution in [-0.4, -0.2) is 17.0 Å². The van der Waals surface area contributed by atoms with E-state index in [4.69, 9.17) is 0 Å². The van der Waals surface area contributed by atoms with Crippen molar-refractivity contribution >= 4 is 22.3 Å². The highest BCUT2D eigenvalue weighted by molar-refractivity contribution is 5.82. The minimum atomic E-state index is 1.01. The van der Waals surface area contributed by atoms with Crippen LogP contribution in [0.15, 0.2) is 61.1 Å². The largest absolute Gasteiger partial charge is 0.342 e. The van der Waals surface area contributed by atoms with Gasteiger partial charge in [0, 0.05) is 18.6 Å². The number of benzene rings is 1. The first kappa shape index (κ1) is 10.7. The lowest BCUT2D eigenvalue weighted by Crippen LogP contribution is -2.09. The van der Waals surface area contributed by atoms with Crippen LogP contribution >= 0.6 is 0 Å². The standard InChI is InChI=1S/C15H13N3/c1-18(13-6-4-8-16-10-13)14-9-12-5-2-3-7-15(12)17-11-14/h2-11H,1H3. The molecule has 2 heterocycles. The van der Waals surface area contributed by atoms with E-state index in [-0.39, 0.29) is 0 Å². The predicted octanol–water partition coefficient (Wildman–Crippen LogP) is 3.40. The molecule has 0 N–H and O–H groups in total. The molecule has 0 aliphatic carbocycles. The van der Waals surface area contributed by atoms with E-state index in [0.29, 0.717) is 0 Å². The molecule has 0 amide bonds. The van der Waals surface area contributed by atoms with Crippen molar-refractivity contribution in [1.29, 1.82) is 0 Å². The van der Waals surface area contributed by atoms with E-state index in [9.17, 15) is 0 Å². The second-order valence-electron chi connectivity index (χ2n) is 4.16. The van der Waals surface area contributed by atoms with Crippen LogP contribution in [0.4, 0.5) is 11.4 Å². The van der Waals surface area contributed by atoms with Crippen molar-refractivity contribution in [2.24, 2.45) is 0 Å². The van der Waals surface area contributed by atoms with E-state index in [1.807, 2.05) is 49.8 Å². The third kappa shape index (κ3) is 1.91. The zero-order chi connectivity index (χ0) is 12.4. The average Bonchev–Trinajstić information content (AvgIpc) is 2.47. The summed E-state index contributed by atoms with van der Waals surface area (Å²) in [6.45, 7) is 0. The summed E-state index contributed by atoms with van der Waals surface area (Å²) in [6.07, 6.45) is 5.50. The van der Waals surface area contributed by atoms with Crippen molar-refractivity contribution in [1.82, 2.24) is 9.97 Å². The Morgan fingerprint density at radius 3 is 2.67 bits per heavy atom. The van der Waals surface area contributed by atoms with Gasteiger partial charge in [0.2, 0.25) is 0 Å². The third-order valence-corrected chi connectivity index (χ3v) is 3.00. The quantitative estimate of drug-likeness (QED) is 0.681. The number of nitrogens with zero attached hydrogens (tertiary/aromatic N) is 3. The van der Waals surface area contributed by atoms with E-state index in [2.05, 4.69) is 27.0 Å². The zero-order valence-electron chi connectivity index (χ0n) is 10.1. The SMILES string of the molecule is CN(c1cccnc1)c1cnc2ccccc2c1. The number of para-hydroxylation sites is 1. The van der Waals surface area contributed by atoms with Crippen molar-refractivity contribution in [2.45, 2.75) is 0 Å². The molecule has 0 saturated heterocycles. The molecule has 0 radical (unpaired) electrons. The number of anilines is 2. The molecule has 2 aromatic heterocycles. The topological polar surface area (TPSA) is 29.0 Å². The van der Waals surface area contributed by atoms with Gasteiger partial charge in [0.05, 0.1) is 29.3 Å². The molecule has 3 nitrogen and oxygen atoms in total. The van der Waals surface area contributed by atoms with Crippen LogP contribution in [0.2, 0.25) is 0 Å². The van der Waals surface area contributed by atoms with Crippen LogP contribution in [0.5, 0.6) is 0 Å². The summed E-state index contributed by atoms with van der Waals surface area (Å²) in [6, 6.07) is 14.2. The van der Waals surface area contributed by atoms with Gasteiger partial charge in [-0.1, -0.05) is 18.2 Å². The Morgan fingerprint density at radius 1 is 0.944 bits per heavy atom. The summed E-state index contributed by atoms with van der Waals surface area (Å²) in [4.78, 5) is 10.7. The highest BCUT2D eigenvalue weighted by Crippen LogP contribution is 2.24. The van der Waals surface area contributed by atoms with E-state index in [0.717, 1.165) is 22.3 Å². The fraction of sp³-hybridized carbons (Fsp3) is 0.0667. The minimum absolute atomic E-state index is 1.01. The molecule has 0 saturated carbocycles. The Morgan fingerprint density at radius 2 is 1.83 bits per heavy atom. The van der Waals surface area contributed by atoms with Gasteiger partial charge in [-0.25, -0.2) is 0 Å². The van der Waals surface area contributed by atoms with E-state index in [1.165, 1.54) is 0 Å². The van der Waals surface area contributed by atoms with Crippen LogP contribution in [-0.2, 0) is 0 Å². The molecule has 0 spiro atoms. The molecule has 0 atom stereocenters. The third-order valence-electron chi connectivity index (χ3n) is 3.00. The van der Waals surface area contributed by atoms with Crippen molar-refractivity contribution in [3.8, 4) is 0 Å². The lowest BCUT2D eigenvalue weighted by molar-refractivity contribution is 1.16. The van der Waals surface area contributed by atoms with Gasteiger partial charge in [0.1, 0.15) is 0 Å². The first-order chi connectivity index (χ1) is 8.84. The van der Waals surface area contributed by atoms with Crippen molar-refractivity contribution in [3.05, 3.63) is 61.1 Å². The van der Waals surface area contributed by atoms with Gasteiger partial charge in [0.25, 0.3) is 0 Å². The lowest BCUT2D eigenvalue weighted by Gasteiger charge is -2.18. The molecular weight excluding hydrogens is 222 g/mol. The Hall–Kier alpha value is -2.42. The van der Waals surface area contributed by atoms with Crippen molar-refractivity contribution in [2.75, 3.05) is 11.9 Å². The normalized spacial score (nSPS) is 10.5. The molecule has 3 heteroatoms. The minimum Gasteiger partial charge on any atom is -0.342 e. The maximum Gasteiger partial charge on any atom is 0.0703 e. The number of fused-ring (bicyclic) bond motifs is 1. The van der Waals surface area contributed by atoms with Crippen molar-refractivity contribution < 1.29 is 0 Å². The maximum atomic E-state index is 4.47. The van der Waals surface area contributed by atoms with Crippen LogP contribution in [0, 0.1) is 0 Å².